The summed E-state index contributed by atoms with van der Waals surface area (Å²) in [5.41, 5.74) is 5.76. The van der Waals surface area contributed by atoms with E-state index in [1.54, 1.807) is 11.3 Å². The average Bonchev–Trinajstić information content (AvgIpc) is 3.02. The second-order valence-electron chi connectivity index (χ2n) is 4.95. The van der Waals surface area contributed by atoms with Gasteiger partial charge in [-0.15, -0.1) is 11.3 Å². The van der Waals surface area contributed by atoms with Gasteiger partial charge >= 0.3 is 0 Å². The van der Waals surface area contributed by atoms with Crippen LogP contribution in [0, 0.1) is 6.92 Å². The Balaban J connectivity index is 1.74. The molecule has 0 N–H and O–H groups in total. The average molecular weight is 258 g/mol. The molecule has 1 aliphatic rings. The summed E-state index contributed by atoms with van der Waals surface area (Å²) in [6.45, 7) is 5.69. The summed E-state index contributed by atoms with van der Waals surface area (Å²) >= 11 is 1.72. The third kappa shape index (κ3) is 2.47. The van der Waals surface area contributed by atoms with E-state index in [-0.39, 0.29) is 0 Å². The van der Waals surface area contributed by atoms with Crippen LogP contribution < -0.4 is 0 Å². The summed E-state index contributed by atoms with van der Waals surface area (Å²) < 4.78 is 0. The number of aromatic nitrogens is 1. The second-order valence-corrected chi connectivity index (χ2v) is 5.80. The van der Waals surface area contributed by atoms with E-state index < -0.39 is 0 Å². The van der Waals surface area contributed by atoms with Gasteiger partial charge in [-0.05, 0) is 44.0 Å². The number of rotatable bonds is 3. The molecule has 0 atom stereocenters. The van der Waals surface area contributed by atoms with Crippen LogP contribution in [0.5, 0.6) is 0 Å². The summed E-state index contributed by atoms with van der Waals surface area (Å²) in [5, 5.41) is 0. The van der Waals surface area contributed by atoms with E-state index in [9.17, 15) is 0 Å². The summed E-state index contributed by atoms with van der Waals surface area (Å²) in [6, 6.07) is 8.97. The molecule has 0 saturated carbocycles. The lowest BCUT2D eigenvalue weighted by molar-refractivity contribution is 0.331. The van der Waals surface area contributed by atoms with E-state index in [0.29, 0.717) is 0 Å². The van der Waals surface area contributed by atoms with Crippen LogP contribution in [-0.4, -0.2) is 23.0 Å². The summed E-state index contributed by atoms with van der Waals surface area (Å²) in [7, 11) is 0. The van der Waals surface area contributed by atoms with Gasteiger partial charge in [0.1, 0.15) is 0 Å². The van der Waals surface area contributed by atoms with Crippen molar-refractivity contribution >= 4 is 11.3 Å². The number of thiazole rings is 1. The molecule has 0 aliphatic carbocycles. The van der Waals surface area contributed by atoms with Crippen molar-refractivity contribution < 1.29 is 0 Å². The van der Waals surface area contributed by atoms with E-state index >= 15 is 0 Å². The third-order valence-electron chi connectivity index (χ3n) is 3.57. The summed E-state index contributed by atoms with van der Waals surface area (Å²) in [5.74, 6) is 0. The van der Waals surface area contributed by atoms with Crippen molar-refractivity contribution in [3.05, 3.63) is 41.0 Å². The molecule has 1 aliphatic heterocycles. The number of hydrogen-bond acceptors (Lipinski definition) is 3. The monoisotopic (exact) mass is 258 g/mol. The normalized spacial score (nSPS) is 16.3. The Labute approximate surface area is 112 Å². The molecule has 18 heavy (non-hydrogen) atoms. The molecule has 0 amide bonds. The zero-order chi connectivity index (χ0) is 12.4. The fraction of sp³-hybridized carbons (Fsp3) is 0.400. The third-order valence-corrected chi connectivity index (χ3v) is 4.54. The SMILES string of the molecule is Cc1ncsc1-c1ccc(CN2CCCC2)cc1. The Hall–Kier alpha value is -1.19. The highest BCUT2D eigenvalue weighted by Crippen LogP contribution is 2.27. The van der Waals surface area contributed by atoms with E-state index in [1.165, 1.54) is 41.9 Å². The Morgan fingerprint density at radius 2 is 1.89 bits per heavy atom. The smallest absolute Gasteiger partial charge is 0.0801 e. The number of hydrogen-bond donors (Lipinski definition) is 0. The topological polar surface area (TPSA) is 16.1 Å². The first-order valence-electron chi connectivity index (χ1n) is 6.55. The molecule has 0 spiro atoms. The Morgan fingerprint density at radius 3 is 2.50 bits per heavy atom. The van der Waals surface area contributed by atoms with Gasteiger partial charge in [0.15, 0.2) is 0 Å². The molecule has 1 aromatic heterocycles. The van der Waals surface area contributed by atoms with Crippen LogP contribution in [0.25, 0.3) is 10.4 Å². The maximum Gasteiger partial charge on any atom is 0.0801 e. The first kappa shape index (κ1) is 11.9. The molecular formula is C15H18N2S. The predicted octanol–water partition coefficient (Wildman–Crippen LogP) is 3.71. The zero-order valence-electron chi connectivity index (χ0n) is 10.7. The molecule has 0 bridgehead atoms. The van der Waals surface area contributed by atoms with Gasteiger partial charge in [-0.3, -0.25) is 4.90 Å². The van der Waals surface area contributed by atoms with Crippen LogP contribution in [0.2, 0.25) is 0 Å². The molecule has 2 aromatic rings. The molecule has 2 nitrogen and oxygen atoms in total. The van der Waals surface area contributed by atoms with Crippen LogP contribution in [0.1, 0.15) is 24.1 Å². The van der Waals surface area contributed by atoms with E-state index in [0.717, 1.165) is 12.2 Å². The number of nitrogens with zero attached hydrogens (tertiary/aromatic N) is 2. The maximum atomic E-state index is 4.31. The van der Waals surface area contributed by atoms with Gasteiger partial charge in [0.2, 0.25) is 0 Å². The van der Waals surface area contributed by atoms with Crippen molar-refractivity contribution in [1.82, 2.24) is 9.88 Å². The van der Waals surface area contributed by atoms with Crippen LogP contribution in [0.4, 0.5) is 0 Å². The first-order valence-corrected chi connectivity index (χ1v) is 7.42. The zero-order valence-corrected chi connectivity index (χ0v) is 11.5. The predicted molar refractivity (Wildman–Crippen MR) is 76.8 cm³/mol. The number of aryl methyl sites for hydroxylation is 1. The minimum atomic E-state index is 1.10. The van der Waals surface area contributed by atoms with Gasteiger partial charge in [-0.1, -0.05) is 24.3 Å². The van der Waals surface area contributed by atoms with Gasteiger partial charge in [0.25, 0.3) is 0 Å². The van der Waals surface area contributed by atoms with Gasteiger partial charge in [0.05, 0.1) is 16.1 Å². The van der Waals surface area contributed by atoms with Crippen LogP contribution >= 0.6 is 11.3 Å². The van der Waals surface area contributed by atoms with E-state index in [2.05, 4.69) is 41.1 Å². The van der Waals surface area contributed by atoms with Crippen LogP contribution in [-0.2, 0) is 6.54 Å². The van der Waals surface area contributed by atoms with Crippen molar-refractivity contribution in [3.63, 3.8) is 0 Å². The molecule has 0 unspecified atom stereocenters. The first-order chi connectivity index (χ1) is 8.83. The van der Waals surface area contributed by atoms with E-state index in [1.807, 2.05) is 5.51 Å². The lowest BCUT2D eigenvalue weighted by Crippen LogP contribution is -2.18. The maximum absolute atomic E-state index is 4.31. The fourth-order valence-electron chi connectivity index (χ4n) is 2.54. The second kappa shape index (κ2) is 5.21. The fourth-order valence-corrected chi connectivity index (χ4v) is 3.35. The highest BCUT2D eigenvalue weighted by Gasteiger charge is 2.11. The molecule has 1 fully saturated rings. The van der Waals surface area contributed by atoms with Crippen LogP contribution in [0.3, 0.4) is 0 Å². The Bertz CT molecular complexity index is 510. The van der Waals surface area contributed by atoms with Gasteiger partial charge < -0.3 is 0 Å². The van der Waals surface area contributed by atoms with Crippen molar-refractivity contribution in [1.29, 1.82) is 0 Å². The van der Waals surface area contributed by atoms with Crippen molar-refractivity contribution in [3.8, 4) is 10.4 Å². The highest BCUT2D eigenvalue weighted by molar-refractivity contribution is 7.13. The standard InChI is InChI=1S/C15H18N2S/c1-12-15(18-11-16-12)14-6-4-13(5-7-14)10-17-8-2-3-9-17/h4-7,11H,2-3,8-10H2,1H3. The molecule has 2 heterocycles. The largest absolute Gasteiger partial charge is 0.299 e. The van der Waals surface area contributed by atoms with Crippen molar-refractivity contribution in [2.24, 2.45) is 0 Å². The van der Waals surface area contributed by atoms with E-state index in [4.69, 9.17) is 0 Å². The number of benzene rings is 1. The van der Waals surface area contributed by atoms with Gasteiger partial charge in [-0.2, -0.15) is 0 Å². The lowest BCUT2D eigenvalue weighted by atomic mass is 10.1. The van der Waals surface area contributed by atoms with Crippen LogP contribution in [0.15, 0.2) is 29.8 Å². The number of likely N-dealkylation sites (tertiary alicyclic amines) is 1. The summed E-state index contributed by atoms with van der Waals surface area (Å²) in [6.07, 6.45) is 2.72. The molecule has 94 valence electrons. The Morgan fingerprint density at radius 1 is 1.17 bits per heavy atom. The lowest BCUT2D eigenvalue weighted by Gasteiger charge is -2.14. The molecule has 3 heteroatoms. The molecule has 3 rings (SSSR count). The molecule has 0 radical (unpaired) electrons. The molecule has 1 aromatic carbocycles. The van der Waals surface area contributed by atoms with Gasteiger partial charge in [0, 0.05) is 6.54 Å². The van der Waals surface area contributed by atoms with Gasteiger partial charge in [-0.25, -0.2) is 4.98 Å². The Kier molecular flexibility index (Phi) is 3.43. The van der Waals surface area contributed by atoms with Crippen molar-refractivity contribution in [2.45, 2.75) is 26.3 Å². The summed E-state index contributed by atoms with van der Waals surface area (Å²) in [4.78, 5) is 8.14. The minimum Gasteiger partial charge on any atom is -0.299 e. The quantitative estimate of drug-likeness (QED) is 0.834. The molecule has 1 saturated heterocycles. The minimum absolute atomic E-state index is 1.10. The molecular weight excluding hydrogens is 240 g/mol. The van der Waals surface area contributed by atoms with Crippen molar-refractivity contribution in [2.75, 3.05) is 13.1 Å². The highest BCUT2D eigenvalue weighted by atomic mass is 32.1.